The molecule has 0 saturated carbocycles. The fourth-order valence-electron chi connectivity index (χ4n) is 2.28. The van der Waals surface area contributed by atoms with E-state index in [2.05, 4.69) is 9.47 Å². The van der Waals surface area contributed by atoms with Crippen molar-refractivity contribution in [3.05, 3.63) is 48.0 Å². The minimum absolute atomic E-state index is 0.0162. The van der Waals surface area contributed by atoms with Gasteiger partial charge in [-0.2, -0.15) is 70.2 Å². The number of ether oxygens (including phenoxy) is 2. The fourth-order valence-corrected chi connectivity index (χ4v) is 2.28. The predicted octanol–water partition coefficient (Wildman–Crippen LogP) is 9.24. The van der Waals surface area contributed by atoms with Crippen LogP contribution in [0.4, 0.5) is 90.4 Å². The van der Waals surface area contributed by atoms with Crippen LogP contribution in [-0.4, -0.2) is 41.6 Å². The molecule has 0 amide bonds. The molecule has 0 heterocycles. The SMILES string of the molecule is FC(F)(F)C(F)(I)C(F)(F)F.Nc1ccc(C(F)(C(F)(F)F)C(F)(F)F)cc1OC(F)F.Nc1ccccc1OC(F)F. The molecule has 23 heteroatoms. The van der Waals surface area contributed by atoms with Crippen LogP contribution in [0.2, 0.25) is 0 Å². The van der Waals surface area contributed by atoms with Crippen LogP contribution in [0.25, 0.3) is 0 Å². The summed E-state index contributed by atoms with van der Waals surface area (Å²) in [5.41, 5.74) is 2.20. The van der Waals surface area contributed by atoms with Crippen LogP contribution < -0.4 is 20.9 Å². The number of hydrogen-bond acceptors (Lipinski definition) is 4. The largest absolute Gasteiger partial charge is 0.441 e. The van der Waals surface area contributed by atoms with E-state index in [-0.39, 0.29) is 46.2 Å². The van der Waals surface area contributed by atoms with Gasteiger partial charge in [0, 0.05) is 5.56 Å². The first-order valence-electron chi connectivity index (χ1n) is 9.98. The number of hydrogen-bond donors (Lipinski definition) is 2. The summed E-state index contributed by atoms with van der Waals surface area (Å²) in [5.74, 6) is -1.18. The van der Waals surface area contributed by atoms with E-state index in [1.807, 2.05) is 0 Å². The molecule has 2 rings (SSSR count). The molecule has 0 fully saturated rings. The molecule has 0 spiro atoms. The van der Waals surface area contributed by atoms with Gasteiger partial charge < -0.3 is 20.9 Å². The molecule has 0 aliphatic rings. The molecule has 0 atom stereocenters. The van der Waals surface area contributed by atoms with Gasteiger partial charge in [0.05, 0.1) is 11.4 Å². The average molecular weight is 782 g/mol. The Morgan fingerprint density at radius 1 is 0.535 bits per heavy atom. The van der Waals surface area contributed by atoms with Crippen LogP contribution in [0, 0.1) is 0 Å². The van der Waals surface area contributed by atoms with E-state index in [0.717, 1.165) is 0 Å². The van der Waals surface area contributed by atoms with E-state index in [4.69, 9.17) is 11.5 Å². The van der Waals surface area contributed by atoms with Crippen LogP contribution in [0.1, 0.15) is 5.56 Å². The van der Waals surface area contributed by atoms with Gasteiger partial charge in [-0.15, -0.1) is 0 Å². The Balaban J connectivity index is 0.000000677. The lowest BCUT2D eigenvalue weighted by atomic mass is 9.93. The highest BCUT2D eigenvalue weighted by Crippen LogP contribution is 2.54. The van der Waals surface area contributed by atoms with E-state index in [9.17, 15) is 79.0 Å². The Labute approximate surface area is 241 Å². The van der Waals surface area contributed by atoms with Crippen molar-refractivity contribution in [1.82, 2.24) is 0 Å². The summed E-state index contributed by atoms with van der Waals surface area (Å²) >= 11 is -0.328. The first kappa shape index (κ1) is 40.1. The van der Waals surface area contributed by atoms with Crippen molar-refractivity contribution in [3.63, 3.8) is 0 Å². The summed E-state index contributed by atoms with van der Waals surface area (Å²) in [6, 6.07) is 6.44. The van der Waals surface area contributed by atoms with E-state index < -0.39 is 64.3 Å². The summed E-state index contributed by atoms with van der Waals surface area (Å²) in [6.07, 6.45) is -24.6. The third kappa shape index (κ3) is 10.7. The van der Waals surface area contributed by atoms with Crippen molar-refractivity contribution in [3.8, 4) is 11.5 Å². The molecule has 43 heavy (non-hydrogen) atoms. The van der Waals surface area contributed by atoms with Gasteiger partial charge in [0.15, 0.2) is 0 Å². The zero-order valence-electron chi connectivity index (χ0n) is 19.8. The van der Waals surface area contributed by atoms with Gasteiger partial charge in [-0.3, -0.25) is 0 Å². The maximum absolute atomic E-state index is 13.7. The van der Waals surface area contributed by atoms with Crippen LogP contribution in [-0.2, 0) is 5.67 Å². The Hall–Kier alpha value is -2.89. The molecular weight excluding hydrogens is 769 g/mol. The molecule has 0 aliphatic heterocycles. The molecule has 248 valence electrons. The molecule has 2 aromatic carbocycles. The topological polar surface area (TPSA) is 70.5 Å². The highest BCUT2D eigenvalue weighted by molar-refractivity contribution is 14.1. The standard InChI is InChI=1S/C10H6F9NO.C7H7F2NO.C3F7I/c11-7(12)21-6-3-4(1-2-5(6)20)8(13,9(14,15)16)10(17,18)19;8-7(9)11-6-4-2-1-3-5(6)10;4-1(11,2(5,6)7)3(8,9)10/h1-3,7H,20H2;1-4,7H,10H2;. The van der Waals surface area contributed by atoms with E-state index in [0.29, 0.717) is 6.07 Å². The van der Waals surface area contributed by atoms with Gasteiger partial charge in [0.2, 0.25) is 0 Å². The number of nitrogen functional groups attached to an aromatic ring is 2. The lowest BCUT2D eigenvalue weighted by molar-refractivity contribution is -0.348. The number of nitrogens with two attached hydrogens (primary N) is 2. The second-order valence-electron chi connectivity index (χ2n) is 7.27. The second-order valence-corrected chi connectivity index (χ2v) is 8.76. The van der Waals surface area contributed by atoms with Gasteiger partial charge in [0.1, 0.15) is 11.5 Å². The molecule has 0 aromatic heterocycles. The monoisotopic (exact) mass is 782 g/mol. The fraction of sp³-hybridized carbons (Fsp3) is 0.400. The maximum atomic E-state index is 13.7. The molecule has 4 nitrogen and oxygen atoms in total. The van der Waals surface area contributed by atoms with E-state index in [1.54, 1.807) is 12.1 Å². The molecule has 2 aromatic rings. The van der Waals surface area contributed by atoms with Crippen LogP contribution in [0.5, 0.6) is 11.5 Å². The van der Waals surface area contributed by atoms with Crippen molar-refractivity contribution in [2.24, 2.45) is 0 Å². The van der Waals surface area contributed by atoms with Crippen LogP contribution in [0.3, 0.4) is 0 Å². The van der Waals surface area contributed by atoms with Crippen LogP contribution in [0.15, 0.2) is 42.5 Å². The van der Waals surface area contributed by atoms with E-state index in [1.165, 1.54) is 12.1 Å². The number of benzene rings is 2. The highest BCUT2D eigenvalue weighted by Gasteiger charge is 2.74. The second kappa shape index (κ2) is 14.3. The summed E-state index contributed by atoms with van der Waals surface area (Å²) < 4.78 is 217. The molecule has 4 N–H and O–H groups in total. The molecule has 0 bridgehead atoms. The average Bonchev–Trinajstić information content (AvgIpc) is 2.79. The third-order valence-electron chi connectivity index (χ3n) is 4.26. The van der Waals surface area contributed by atoms with Gasteiger partial charge in [-0.1, -0.05) is 18.2 Å². The first-order valence-corrected chi connectivity index (χ1v) is 11.1. The van der Waals surface area contributed by atoms with Crippen LogP contribution >= 0.6 is 22.6 Å². The summed E-state index contributed by atoms with van der Waals surface area (Å²) in [5, 5.41) is 0. The van der Waals surface area contributed by atoms with Crippen molar-refractivity contribution < 1.29 is 88.5 Å². The van der Waals surface area contributed by atoms with Crippen molar-refractivity contribution in [1.29, 1.82) is 0 Å². The Morgan fingerprint density at radius 2 is 0.907 bits per heavy atom. The number of alkyl halides is 19. The summed E-state index contributed by atoms with van der Waals surface area (Å²) in [7, 11) is 0. The lowest BCUT2D eigenvalue weighted by Gasteiger charge is -2.30. The van der Waals surface area contributed by atoms with Gasteiger partial charge in [-0.25, -0.2) is 8.78 Å². The normalized spacial score (nSPS) is 13.1. The minimum atomic E-state index is -6.36. The predicted molar refractivity (Wildman–Crippen MR) is 120 cm³/mol. The zero-order valence-corrected chi connectivity index (χ0v) is 22.0. The Morgan fingerprint density at radius 3 is 1.23 bits per heavy atom. The Bertz CT molecular complexity index is 1130. The lowest BCUT2D eigenvalue weighted by Crippen LogP contribution is -2.50. The first-order chi connectivity index (χ1) is 19.0. The molecular formula is C20H13F18IN2O2. The highest BCUT2D eigenvalue weighted by atomic mass is 127. The summed E-state index contributed by atoms with van der Waals surface area (Å²) in [4.78, 5) is 0. The number of halogens is 19. The summed E-state index contributed by atoms with van der Waals surface area (Å²) in [6.45, 7) is -6.38. The van der Waals surface area contributed by atoms with Gasteiger partial charge in [-0.05, 0) is 46.9 Å². The smallest absolute Gasteiger partial charge is 0.433 e. The number of anilines is 2. The zero-order chi connectivity index (χ0) is 34.4. The van der Waals surface area contributed by atoms with Crippen molar-refractivity contribution >= 4 is 34.0 Å². The van der Waals surface area contributed by atoms with E-state index >= 15 is 0 Å². The number of rotatable bonds is 5. The maximum Gasteiger partial charge on any atom is 0.441 e. The molecule has 0 unspecified atom stereocenters. The molecule has 0 radical (unpaired) electrons. The van der Waals surface area contributed by atoms with Crippen molar-refractivity contribution in [2.75, 3.05) is 11.5 Å². The molecule has 0 aliphatic carbocycles. The Kier molecular flexibility index (Phi) is 13.3. The number of para-hydroxylation sites is 2. The quantitative estimate of drug-likeness (QED) is 0.137. The third-order valence-corrected chi connectivity index (χ3v) is 5.48. The molecule has 0 saturated heterocycles. The minimum Gasteiger partial charge on any atom is -0.433 e. The van der Waals surface area contributed by atoms with Crippen molar-refractivity contribution in [2.45, 2.75) is 47.3 Å². The van der Waals surface area contributed by atoms with Gasteiger partial charge in [0.25, 0.3) is 0 Å². The van der Waals surface area contributed by atoms with Gasteiger partial charge >= 0.3 is 47.3 Å².